The maximum Gasteiger partial charge on any atom is 0.323 e. The molecule has 1 N–H and O–H groups in total. The molecule has 0 spiro atoms. The number of carboxylic acids is 1. The Labute approximate surface area is 168 Å². The van der Waals surface area contributed by atoms with Crippen molar-refractivity contribution in [1.82, 2.24) is 0 Å². The lowest BCUT2D eigenvalue weighted by molar-refractivity contribution is -0.136. The third-order valence-electron chi connectivity index (χ3n) is 5.13. The van der Waals surface area contributed by atoms with Crippen molar-refractivity contribution in [3.05, 3.63) is 59.4 Å². The minimum atomic E-state index is -1.12. The van der Waals surface area contributed by atoms with E-state index in [0.717, 1.165) is 0 Å². The van der Waals surface area contributed by atoms with E-state index in [1.807, 2.05) is 13.8 Å². The predicted octanol–water partition coefficient (Wildman–Crippen LogP) is 3.52. The Morgan fingerprint density at radius 2 is 1.97 bits per heavy atom. The molecule has 2 aromatic rings. The summed E-state index contributed by atoms with van der Waals surface area (Å²) in [5, 5.41) is 9.40. The van der Waals surface area contributed by atoms with Crippen molar-refractivity contribution in [1.29, 1.82) is 0 Å². The molecule has 0 aromatic heterocycles. The number of aliphatic imine (C=N–C) groups is 1. The molecule has 1 amide bonds. The first-order valence-corrected chi connectivity index (χ1v) is 9.41. The number of anilines is 1. The highest BCUT2D eigenvalue weighted by atomic mass is 19.1. The quantitative estimate of drug-likeness (QED) is 0.808. The van der Waals surface area contributed by atoms with Crippen LogP contribution in [0.4, 0.5) is 10.1 Å². The first kappa shape index (κ1) is 20.5. The molecule has 2 atom stereocenters. The third-order valence-corrected chi connectivity index (χ3v) is 5.13. The SMILES string of the molecule is CCC(C)[C@@H]1N=C(c2ccc(F)cc2)c2cc(OC)ccc2N(CC(=O)O)C1=O. The lowest BCUT2D eigenvalue weighted by atomic mass is 9.97. The standard InChI is InChI=1S/C22H23FN2O4/c1-4-13(2)20-22(28)25(12-19(26)27)18-10-9-16(29-3)11-17(18)21(24-20)14-5-7-15(23)8-6-14/h5-11,13,20H,4,12H2,1-3H3,(H,26,27)/t13?,20-/m0/s1. The predicted molar refractivity (Wildman–Crippen MR) is 108 cm³/mol. The van der Waals surface area contributed by atoms with Gasteiger partial charge in [0, 0.05) is 11.1 Å². The van der Waals surface area contributed by atoms with Crippen LogP contribution in [-0.4, -0.2) is 42.4 Å². The fourth-order valence-electron chi connectivity index (χ4n) is 3.34. The zero-order valence-electron chi connectivity index (χ0n) is 16.6. The number of halogens is 1. The summed E-state index contributed by atoms with van der Waals surface area (Å²) in [6.45, 7) is 3.38. The monoisotopic (exact) mass is 398 g/mol. The second-order valence-corrected chi connectivity index (χ2v) is 7.02. The number of carboxylic acid groups (broad SMARTS) is 1. The average Bonchev–Trinajstić information content (AvgIpc) is 2.83. The Morgan fingerprint density at radius 3 is 2.55 bits per heavy atom. The Hall–Kier alpha value is -3.22. The Kier molecular flexibility index (Phi) is 5.96. The fraction of sp³-hybridized carbons (Fsp3) is 0.318. The van der Waals surface area contributed by atoms with Crippen molar-refractivity contribution < 1.29 is 23.8 Å². The number of methoxy groups -OCH3 is 1. The molecule has 0 radical (unpaired) electrons. The van der Waals surface area contributed by atoms with E-state index in [-0.39, 0.29) is 17.6 Å². The number of benzene rings is 2. The summed E-state index contributed by atoms with van der Waals surface area (Å²) in [4.78, 5) is 30.8. The summed E-state index contributed by atoms with van der Waals surface area (Å²) in [6.07, 6.45) is 0.692. The minimum absolute atomic E-state index is 0.106. The van der Waals surface area contributed by atoms with Crippen LogP contribution in [0.15, 0.2) is 47.5 Å². The van der Waals surface area contributed by atoms with Gasteiger partial charge in [-0.2, -0.15) is 0 Å². The van der Waals surface area contributed by atoms with Crippen molar-refractivity contribution >= 4 is 23.3 Å². The van der Waals surface area contributed by atoms with Gasteiger partial charge in [0.05, 0.1) is 18.5 Å². The summed E-state index contributed by atoms with van der Waals surface area (Å²) in [5.41, 5.74) is 2.15. The topological polar surface area (TPSA) is 79.2 Å². The highest BCUT2D eigenvalue weighted by Gasteiger charge is 2.35. The number of carbonyl (C=O) groups excluding carboxylic acids is 1. The number of nitrogens with zero attached hydrogens (tertiary/aromatic N) is 2. The number of ether oxygens (including phenoxy) is 1. The van der Waals surface area contributed by atoms with E-state index in [2.05, 4.69) is 0 Å². The first-order chi connectivity index (χ1) is 13.8. The highest BCUT2D eigenvalue weighted by Crippen LogP contribution is 2.33. The van der Waals surface area contributed by atoms with Gasteiger partial charge in [-0.15, -0.1) is 0 Å². The van der Waals surface area contributed by atoms with Gasteiger partial charge in [-0.1, -0.05) is 20.3 Å². The van der Waals surface area contributed by atoms with E-state index < -0.39 is 18.6 Å². The lowest BCUT2D eigenvalue weighted by Gasteiger charge is -2.25. The molecule has 1 aliphatic heterocycles. The molecule has 3 rings (SSSR count). The second-order valence-electron chi connectivity index (χ2n) is 7.02. The second kappa shape index (κ2) is 8.43. The number of aliphatic carboxylic acids is 1. The van der Waals surface area contributed by atoms with Crippen molar-refractivity contribution in [3.63, 3.8) is 0 Å². The molecule has 1 aliphatic rings. The maximum absolute atomic E-state index is 13.5. The molecule has 2 aromatic carbocycles. The number of amides is 1. The Balaban J connectivity index is 2.28. The van der Waals surface area contributed by atoms with E-state index in [1.54, 1.807) is 30.3 Å². The van der Waals surface area contributed by atoms with Crippen LogP contribution < -0.4 is 9.64 Å². The van der Waals surface area contributed by atoms with Crippen molar-refractivity contribution in [3.8, 4) is 5.75 Å². The maximum atomic E-state index is 13.5. The molecule has 29 heavy (non-hydrogen) atoms. The first-order valence-electron chi connectivity index (χ1n) is 9.41. The van der Waals surface area contributed by atoms with Crippen molar-refractivity contribution in [2.75, 3.05) is 18.6 Å². The van der Waals surface area contributed by atoms with Crippen molar-refractivity contribution in [2.24, 2.45) is 10.9 Å². The van der Waals surface area contributed by atoms with Crippen LogP contribution >= 0.6 is 0 Å². The van der Waals surface area contributed by atoms with Gasteiger partial charge in [0.2, 0.25) is 0 Å². The molecule has 0 fully saturated rings. The minimum Gasteiger partial charge on any atom is -0.497 e. The zero-order chi connectivity index (χ0) is 21.1. The lowest BCUT2D eigenvalue weighted by Crippen LogP contribution is -2.43. The number of benzodiazepines with no additional fused rings is 1. The van der Waals surface area contributed by atoms with Gasteiger partial charge in [-0.05, 0) is 48.4 Å². The number of carbonyl (C=O) groups is 2. The normalized spacial score (nSPS) is 17.2. The van der Waals surface area contributed by atoms with Gasteiger partial charge in [0.1, 0.15) is 24.2 Å². The highest BCUT2D eigenvalue weighted by molar-refractivity contribution is 6.20. The molecule has 152 valence electrons. The molecule has 0 saturated heterocycles. The number of hydrogen-bond donors (Lipinski definition) is 1. The molecule has 6 nitrogen and oxygen atoms in total. The van der Waals surface area contributed by atoms with Gasteiger partial charge < -0.3 is 9.84 Å². The van der Waals surface area contributed by atoms with E-state index in [9.17, 15) is 19.1 Å². The average molecular weight is 398 g/mol. The van der Waals surface area contributed by atoms with Crippen LogP contribution in [0.2, 0.25) is 0 Å². The van der Waals surface area contributed by atoms with Crippen LogP contribution in [0, 0.1) is 11.7 Å². The Morgan fingerprint density at radius 1 is 1.28 bits per heavy atom. The zero-order valence-corrected chi connectivity index (χ0v) is 16.6. The van der Waals surface area contributed by atoms with E-state index >= 15 is 0 Å². The summed E-state index contributed by atoms with van der Waals surface area (Å²) in [7, 11) is 1.52. The van der Waals surface area contributed by atoms with Crippen LogP contribution in [0.1, 0.15) is 31.4 Å². The molecule has 0 bridgehead atoms. The van der Waals surface area contributed by atoms with Gasteiger partial charge in [-0.3, -0.25) is 19.5 Å². The van der Waals surface area contributed by atoms with Crippen LogP contribution in [0.25, 0.3) is 0 Å². The molecule has 0 saturated carbocycles. The molecule has 1 heterocycles. The largest absolute Gasteiger partial charge is 0.497 e. The van der Waals surface area contributed by atoms with Crippen molar-refractivity contribution in [2.45, 2.75) is 26.3 Å². The number of fused-ring (bicyclic) bond motifs is 1. The van der Waals surface area contributed by atoms with E-state index in [1.165, 1.54) is 24.1 Å². The van der Waals surface area contributed by atoms with Crippen LogP contribution in [0.5, 0.6) is 5.75 Å². The molecule has 0 aliphatic carbocycles. The summed E-state index contributed by atoms with van der Waals surface area (Å²) >= 11 is 0. The van der Waals surface area contributed by atoms with Gasteiger partial charge >= 0.3 is 5.97 Å². The smallest absolute Gasteiger partial charge is 0.323 e. The molecular weight excluding hydrogens is 375 g/mol. The van der Waals surface area contributed by atoms with E-state index in [0.29, 0.717) is 34.7 Å². The summed E-state index contributed by atoms with van der Waals surface area (Å²) in [6, 6.07) is 10.2. The number of hydrogen-bond acceptors (Lipinski definition) is 4. The van der Waals surface area contributed by atoms with Gasteiger partial charge in [0.25, 0.3) is 5.91 Å². The number of rotatable bonds is 6. The molecule has 7 heteroatoms. The van der Waals surface area contributed by atoms with Crippen LogP contribution in [-0.2, 0) is 9.59 Å². The summed E-state index contributed by atoms with van der Waals surface area (Å²) < 4.78 is 18.8. The fourth-order valence-corrected chi connectivity index (χ4v) is 3.34. The Bertz CT molecular complexity index is 956. The van der Waals surface area contributed by atoms with Gasteiger partial charge in [0.15, 0.2) is 0 Å². The van der Waals surface area contributed by atoms with Crippen LogP contribution in [0.3, 0.4) is 0 Å². The van der Waals surface area contributed by atoms with Gasteiger partial charge in [-0.25, -0.2) is 4.39 Å². The molecular formula is C22H23FN2O4. The molecule has 1 unspecified atom stereocenters. The third kappa shape index (κ3) is 4.13. The van der Waals surface area contributed by atoms with E-state index in [4.69, 9.17) is 9.73 Å². The summed E-state index contributed by atoms with van der Waals surface area (Å²) in [5.74, 6) is -1.43.